The van der Waals surface area contributed by atoms with E-state index >= 15 is 0 Å². The lowest BCUT2D eigenvalue weighted by Gasteiger charge is -2.21. The summed E-state index contributed by atoms with van der Waals surface area (Å²) in [6.45, 7) is 0. The molecule has 2 aromatic carbocycles. The molecule has 1 amide bonds. The van der Waals surface area contributed by atoms with Gasteiger partial charge in [0, 0.05) is 31.8 Å². The molecular formula is C19H18N2O7. The topological polar surface area (TPSA) is 116 Å². The third-order valence-corrected chi connectivity index (χ3v) is 3.78. The van der Waals surface area contributed by atoms with Crippen LogP contribution in [0.1, 0.15) is 32.4 Å². The van der Waals surface area contributed by atoms with Crippen LogP contribution in [0.25, 0.3) is 0 Å². The second-order valence-electron chi connectivity index (χ2n) is 5.95. The van der Waals surface area contributed by atoms with E-state index in [4.69, 9.17) is 4.74 Å². The zero-order valence-electron chi connectivity index (χ0n) is 15.4. The Bertz CT molecular complexity index is 910. The lowest BCUT2D eigenvalue weighted by Crippen LogP contribution is -2.31. The van der Waals surface area contributed by atoms with Gasteiger partial charge in [0.2, 0.25) is 6.10 Å². The number of esters is 2. The standard InChI is InChI=1S/C19H18N2O7/c1-20(2)17(22)16(12-7-5-4-6-8-12)28-19(24)14-9-13(18(23)27-3)10-15(11-14)21(25)26/h4-11,16H,1-3H3/t16-/m1/s1. The maximum absolute atomic E-state index is 12.6. The number of rotatable bonds is 6. The van der Waals surface area contributed by atoms with Gasteiger partial charge in [-0.2, -0.15) is 0 Å². The first-order chi connectivity index (χ1) is 13.2. The van der Waals surface area contributed by atoms with Crippen LogP contribution in [0, 0.1) is 10.1 Å². The third kappa shape index (κ3) is 4.70. The Kier molecular flexibility index (Phi) is 6.43. The number of nitro benzene ring substituents is 1. The highest BCUT2D eigenvalue weighted by atomic mass is 16.6. The predicted octanol–water partition coefficient (Wildman–Crippen LogP) is 2.37. The number of hydrogen-bond donors (Lipinski definition) is 0. The molecule has 1 atom stereocenters. The second kappa shape index (κ2) is 8.76. The summed E-state index contributed by atoms with van der Waals surface area (Å²) < 4.78 is 9.90. The van der Waals surface area contributed by atoms with Crippen molar-refractivity contribution in [1.82, 2.24) is 4.90 Å². The second-order valence-corrected chi connectivity index (χ2v) is 5.95. The number of carbonyl (C=O) groups excluding carboxylic acids is 3. The molecule has 0 aliphatic heterocycles. The molecule has 0 aromatic heterocycles. The largest absolute Gasteiger partial charge is 0.465 e. The van der Waals surface area contributed by atoms with Crippen LogP contribution in [0.4, 0.5) is 5.69 Å². The minimum atomic E-state index is -1.25. The Hall–Kier alpha value is -3.75. The number of non-ortho nitro benzene ring substituents is 1. The van der Waals surface area contributed by atoms with Gasteiger partial charge in [0.15, 0.2) is 0 Å². The lowest BCUT2D eigenvalue weighted by atomic mass is 10.1. The Morgan fingerprint density at radius 2 is 1.57 bits per heavy atom. The fraction of sp³-hybridized carbons (Fsp3) is 0.211. The van der Waals surface area contributed by atoms with Gasteiger partial charge < -0.3 is 14.4 Å². The van der Waals surface area contributed by atoms with Crippen LogP contribution in [0.15, 0.2) is 48.5 Å². The normalized spacial score (nSPS) is 11.2. The number of carbonyl (C=O) groups is 3. The van der Waals surface area contributed by atoms with E-state index in [1.165, 1.54) is 19.0 Å². The summed E-state index contributed by atoms with van der Waals surface area (Å²) in [5.41, 5.74) is -0.473. The van der Waals surface area contributed by atoms with Crippen LogP contribution in [-0.2, 0) is 14.3 Å². The van der Waals surface area contributed by atoms with Gasteiger partial charge in [-0.3, -0.25) is 14.9 Å². The number of nitro groups is 1. The van der Waals surface area contributed by atoms with E-state index in [1.807, 2.05) is 0 Å². The van der Waals surface area contributed by atoms with Crippen molar-refractivity contribution in [3.63, 3.8) is 0 Å². The zero-order chi connectivity index (χ0) is 20.8. The highest BCUT2D eigenvalue weighted by Crippen LogP contribution is 2.24. The van der Waals surface area contributed by atoms with E-state index in [-0.39, 0.29) is 11.1 Å². The van der Waals surface area contributed by atoms with Crippen LogP contribution >= 0.6 is 0 Å². The van der Waals surface area contributed by atoms with E-state index in [0.717, 1.165) is 25.3 Å². The quantitative estimate of drug-likeness (QED) is 0.425. The number of amides is 1. The monoisotopic (exact) mass is 386 g/mol. The summed E-state index contributed by atoms with van der Waals surface area (Å²) in [6.07, 6.45) is -1.25. The van der Waals surface area contributed by atoms with Gasteiger partial charge in [0.1, 0.15) is 0 Å². The molecule has 0 spiro atoms. The van der Waals surface area contributed by atoms with Crippen molar-refractivity contribution in [2.45, 2.75) is 6.10 Å². The summed E-state index contributed by atoms with van der Waals surface area (Å²) in [4.78, 5) is 48.5. The first-order valence-corrected chi connectivity index (χ1v) is 8.09. The van der Waals surface area contributed by atoms with Crippen LogP contribution in [-0.4, -0.2) is 48.9 Å². The molecule has 0 fully saturated rings. The molecular weight excluding hydrogens is 368 g/mol. The zero-order valence-corrected chi connectivity index (χ0v) is 15.4. The first kappa shape index (κ1) is 20.6. The molecule has 2 aromatic rings. The smallest absolute Gasteiger partial charge is 0.339 e. The molecule has 0 aliphatic rings. The Labute approximate surface area is 160 Å². The average molecular weight is 386 g/mol. The van der Waals surface area contributed by atoms with Crippen molar-refractivity contribution in [3.05, 3.63) is 75.3 Å². The lowest BCUT2D eigenvalue weighted by molar-refractivity contribution is -0.384. The molecule has 0 saturated carbocycles. The number of hydrogen-bond acceptors (Lipinski definition) is 7. The van der Waals surface area contributed by atoms with Crippen molar-refractivity contribution in [2.24, 2.45) is 0 Å². The summed E-state index contributed by atoms with van der Waals surface area (Å²) in [7, 11) is 4.13. The van der Waals surface area contributed by atoms with Crippen molar-refractivity contribution in [1.29, 1.82) is 0 Å². The van der Waals surface area contributed by atoms with Gasteiger partial charge in [-0.25, -0.2) is 9.59 Å². The predicted molar refractivity (Wildman–Crippen MR) is 97.7 cm³/mol. The summed E-state index contributed by atoms with van der Waals surface area (Å²) >= 11 is 0. The first-order valence-electron chi connectivity index (χ1n) is 8.09. The number of ether oxygens (including phenoxy) is 2. The minimum absolute atomic E-state index is 0.182. The van der Waals surface area contributed by atoms with Crippen LogP contribution in [0.5, 0.6) is 0 Å². The molecule has 0 heterocycles. The molecule has 146 valence electrons. The van der Waals surface area contributed by atoms with Crippen LogP contribution < -0.4 is 0 Å². The summed E-state index contributed by atoms with van der Waals surface area (Å²) in [6, 6.07) is 11.4. The van der Waals surface area contributed by atoms with Gasteiger partial charge in [-0.05, 0) is 6.07 Å². The van der Waals surface area contributed by atoms with Gasteiger partial charge in [0.25, 0.3) is 11.6 Å². The van der Waals surface area contributed by atoms with E-state index in [0.29, 0.717) is 5.56 Å². The molecule has 2 rings (SSSR count). The van der Waals surface area contributed by atoms with Gasteiger partial charge in [-0.15, -0.1) is 0 Å². The molecule has 0 bridgehead atoms. The summed E-state index contributed by atoms with van der Waals surface area (Å²) in [5, 5.41) is 11.1. The number of methoxy groups -OCH3 is 1. The fourth-order valence-corrected chi connectivity index (χ4v) is 2.37. The van der Waals surface area contributed by atoms with Gasteiger partial charge >= 0.3 is 11.9 Å². The number of nitrogens with zero attached hydrogens (tertiary/aromatic N) is 2. The minimum Gasteiger partial charge on any atom is -0.465 e. The molecule has 0 aliphatic carbocycles. The van der Waals surface area contributed by atoms with Crippen molar-refractivity contribution in [3.8, 4) is 0 Å². The molecule has 0 unspecified atom stereocenters. The Morgan fingerprint density at radius 3 is 2.07 bits per heavy atom. The van der Waals surface area contributed by atoms with Gasteiger partial charge in [0.05, 0.1) is 23.2 Å². The van der Waals surface area contributed by atoms with Crippen molar-refractivity contribution >= 4 is 23.5 Å². The maximum atomic E-state index is 12.6. The van der Waals surface area contributed by atoms with E-state index in [9.17, 15) is 24.5 Å². The SMILES string of the molecule is COC(=O)c1cc(C(=O)O[C@@H](C(=O)N(C)C)c2ccccc2)cc([N+](=O)[O-])c1. The molecule has 28 heavy (non-hydrogen) atoms. The molecule has 9 heteroatoms. The van der Waals surface area contributed by atoms with Crippen LogP contribution in [0.2, 0.25) is 0 Å². The summed E-state index contributed by atoms with van der Waals surface area (Å²) in [5.74, 6) is -2.32. The molecule has 0 radical (unpaired) electrons. The van der Waals surface area contributed by atoms with E-state index in [2.05, 4.69) is 4.74 Å². The number of likely N-dealkylation sites (N-methyl/N-ethyl adjacent to an activating group) is 1. The van der Waals surface area contributed by atoms with E-state index < -0.39 is 34.6 Å². The number of benzene rings is 2. The molecule has 9 nitrogen and oxygen atoms in total. The van der Waals surface area contributed by atoms with Crippen molar-refractivity contribution in [2.75, 3.05) is 21.2 Å². The van der Waals surface area contributed by atoms with Crippen molar-refractivity contribution < 1.29 is 28.8 Å². The highest BCUT2D eigenvalue weighted by molar-refractivity contribution is 5.97. The Morgan fingerprint density at radius 1 is 1.00 bits per heavy atom. The van der Waals surface area contributed by atoms with Gasteiger partial charge in [-0.1, -0.05) is 30.3 Å². The maximum Gasteiger partial charge on any atom is 0.339 e. The van der Waals surface area contributed by atoms with E-state index in [1.54, 1.807) is 30.3 Å². The highest BCUT2D eigenvalue weighted by Gasteiger charge is 2.28. The third-order valence-electron chi connectivity index (χ3n) is 3.78. The Balaban J connectivity index is 2.42. The van der Waals surface area contributed by atoms with Crippen LogP contribution in [0.3, 0.4) is 0 Å². The molecule has 0 saturated heterocycles. The average Bonchev–Trinajstić information content (AvgIpc) is 2.70. The fourth-order valence-electron chi connectivity index (χ4n) is 2.37. The molecule has 0 N–H and O–H groups in total.